The first kappa shape index (κ1) is 19.2. The van der Waals surface area contributed by atoms with E-state index in [1.807, 2.05) is 0 Å². The molecule has 0 unspecified atom stereocenters. The zero-order valence-electron chi connectivity index (χ0n) is 14.9. The Morgan fingerprint density at radius 1 is 1.11 bits per heavy atom. The van der Waals surface area contributed by atoms with Crippen LogP contribution in [0.25, 0.3) is 11.3 Å². The second kappa shape index (κ2) is 8.85. The standard InChI is InChI=1S/C19H18FN5O3/c20-15-6-2-1-5-14(15)16-11-19(28)24(13-22-16)12-17(26)21-8-4-10-25-18(27)7-3-9-23-25/h1-3,5-7,9,11,13H,4,8,10,12H2,(H,21,26). The van der Waals surface area contributed by atoms with Crippen LogP contribution in [0, 0.1) is 5.82 Å². The maximum absolute atomic E-state index is 13.8. The summed E-state index contributed by atoms with van der Waals surface area (Å²) in [5.74, 6) is -0.840. The van der Waals surface area contributed by atoms with Gasteiger partial charge in [-0.15, -0.1) is 0 Å². The first-order chi connectivity index (χ1) is 13.5. The Labute approximate surface area is 159 Å². The van der Waals surface area contributed by atoms with Gasteiger partial charge in [0.2, 0.25) is 5.91 Å². The zero-order valence-corrected chi connectivity index (χ0v) is 14.9. The van der Waals surface area contributed by atoms with Gasteiger partial charge in [0, 0.05) is 37.0 Å². The number of halogens is 1. The number of hydrogen-bond donors (Lipinski definition) is 1. The van der Waals surface area contributed by atoms with Gasteiger partial charge in [0.05, 0.1) is 12.0 Å². The highest BCUT2D eigenvalue weighted by Crippen LogP contribution is 2.18. The molecule has 1 N–H and O–H groups in total. The highest BCUT2D eigenvalue weighted by atomic mass is 19.1. The molecule has 0 aliphatic heterocycles. The molecule has 0 radical (unpaired) electrons. The van der Waals surface area contributed by atoms with Crippen molar-refractivity contribution in [3.8, 4) is 11.3 Å². The first-order valence-electron chi connectivity index (χ1n) is 8.65. The number of amides is 1. The topological polar surface area (TPSA) is 98.9 Å². The second-order valence-corrected chi connectivity index (χ2v) is 6.01. The monoisotopic (exact) mass is 383 g/mol. The fourth-order valence-corrected chi connectivity index (χ4v) is 2.58. The number of rotatable bonds is 7. The summed E-state index contributed by atoms with van der Waals surface area (Å²) in [5, 5.41) is 6.60. The maximum Gasteiger partial charge on any atom is 0.266 e. The van der Waals surface area contributed by atoms with Gasteiger partial charge in [-0.05, 0) is 24.6 Å². The van der Waals surface area contributed by atoms with E-state index in [4.69, 9.17) is 0 Å². The van der Waals surface area contributed by atoms with Crippen molar-refractivity contribution in [2.45, 2.75) is 19.5 Å². The normalized spacial score (nSPS) is 10.6. The van der Waals surface area contributed by atoms with E-state index in [-0.39, 0.29) is 29.3 Å². The molecule has 28 heavy (non-hydrogen) atoms. The molecule has 144 valence electrons. The largest absolute Gasteiger partial charge is 0.354 e. The lowest BCUT2D eigenvalue weighted by Gasteiger charge is -2.08. The van der Waals surface area contributed by atoms with Crippen molar-refractivity contribution in [2.75, 3.05) is 6.54 Å². The van der Waals surface area contributed by atoms with Gasteiger partial charge in [0.15, 0.2) is 0 Å². The van der Waals surface area contributed by atoms with Crippen molar-refractivity contribution in [1.29, 1.82) is 0 Å². The third-order valence-corrected chi connectivity index (χ3v) is 4.00. The van der Waals surface area contributed by atoms with Crippen LogP contribution in [0.1, 0.15) is 6.42 Å². The van der Waals surface area contributed by atoms with Crippen LogP contribution in [0.3, 0.4) is 0 Å². The Morgan fingerprint density at radius 3 is 2.68 bits per heavy atom. The molecular weight excluding hydrogens is 365 g/mol. The first-order valence-corrected chi connectivity index (χ1v) is 8.65. The third-order valence-electron chi connectivity index (χ3n) is 4.00. The van der Waals surface area contributed by atoms with Crippen molar-refractivity contribution in [1.82, 2.24) is 24.6 Å². The summed E-state index contributed by atoms with van der Waals surface area (Å²) in [5.41, 5.74) is -0.230. The summed E-state index contributed by atoms with van der Waals surface area (Å²) in [6, 6.07) is 10.2. The summed E-state index contributed by atoms with van der Waals surface area (Å²) >= 11 is 0. The van der Waals surface area contributed by atoms with Gasteiger partial charge in [-0.25, -0.2) is 14.1 Å². The van der Waals surface area contributed by atoms with E-state index in [0.29, 0.717) is 19.5 Å². The van der Waals surface area contributed by atoms with E-state index in [1.54, 1.807) is 18.2 Å². The number of carbonyl (C=O) groups excluding carboxylic acids is 1. The quantitative estimate of drug-likeness (QED) is 0.609. The molecule has 0 fully saturated rings. The van der Waals surface area contributed by atoms with Crippen molar-refractivity contribution < 1.29 is 9.18 Å². The maximum atomic E-state index is 13.8. The highest BCUT2D eigenvalue weighted by Gasteiger charge is 2.09. The predicted molar refractivity (Wildman–Crippen MR) is 100 cm³/mol. The molecule has 0 spiro atoms. The summed E-state index contributed by atoms with van der Waals surface area (Å²) in [6.07, 6.45) is 3.25. The van der Waals surface area contributed by atoms with Gasteiger partial charge in [0.25, 0.3) is 11.1 Å². The molecule has 3 aromatic rings. The molecule has 8 nitrogen and oxygen atoms in total. The van der Waals surface area contributed by atoms with Gasteiger partial charge in [0.1, 0.15) is 12.4 Å². The van der Waals surface area contributed by atoms with Gasteiger partial charge < -0.3 is 5.32 Å². The number of aromatic nitrogens is 4. The van der Waals surface area contributed by atoms with Crippen LogP contribution in [-0.4, -0.2) is 31.8 Å². The van der Waals surface area contributed by atoms with Crippen LogP contribution in [-0.2, 0) is 17.9 Å². The Hall–Kier alpha value is -3.62. The van der Waals surface area contributed by atoms with Crippen molar-refractivity contribution >= 4 is 5.91 Å². The summed E-state index contributed by atoms with van der Waals surface area (Å²) in [7, 11) is 0. The van der Waals surface area contributed by atoms with Crippen molar-refractivity contribution in [3.63, 3.8) is 0 Å². The van der Waals surface area contributed by atoms with Gasteiger partial charge >= 0.3 is 0 Å². The van der Waals surface area contributed by atoms with Crippen LogP contribution in [0.2, 0.25) is 0 Å². The SMILES string of the molecule is O=C(Cn1cnc(-c2ccccc2F)cc1=O)NCCCn1ncccc1=O. The number of nitrogens with one attached hydrogen (secondary N) is 1. The van der Waals surface area contributed by atoms with Gasteiger partial charge in [-0.3, -0.25) is 19.0 Å². The lowest BCUT2D eigenvalue weighted by Crippen LogP contribution is -2.33. The summed E-state index contributed by atoms with van der Waals surface area (Å²) in [6.45, 7) is 0.503. The van der Waals surface area contributed by atoms with Gasteiger partial charge in [-0.1, -0.05) is 12.1 Å². The number of aryl methyl sites for hydroxylation is 1. The fourth-order valence-electron chi connectivity index (χ4n) is 2.58. The molecule has 1 aromatic carbocycles. The highest BCUT2D eigenvalue weighted by molar-refractivity contribution is 5.75. The molecule has 1 amide bonds. The summed E-state index contributed by atoms with van der Waals surface area (Å²) < 4.78 is 16.2. The Morgan fingerprint density at radius 2 is 1.93 bits per heavy atom. The fraction of sp³-hybridized carbons (Fsp3) is 0.211. The number of nitrogens with zero attached hydrogens (tertiary/aromatic N) is 4. The Kier molecular flexibility index (Phi) is 6.05. The molecule has 0 saturated carbocycles. The summed E-state index contributed by atoms with van der Waals surface area (Å²) in [4.78, 5) is 39.8. The lowest BCUT2D eigenvalue weighted by atomic mass is 10.1. The van der Waals surface area contributed by atoms with Crippen LogP contribution >= 0.6 is 0 Å². The molecule has 0 aliphatic rings. The molecular formula is C19H18FN5O3. The number of benzene rings is 1. The van der Waals surface area contributed by atoms with Crippen LogP contribution in [0.15, 0.2) is 64.6 Å². The van der Waals surface area contributed by atoms with Crippen LogP contribution in [0.4, 0.5) is 4.39 Å². The predicted octanol–water partition coefficient (Wildman–Crippen LogP) is 0.813. The second-order valence-electron chi connectivity index (χ2n) is 6.01. The van der Waals surface area contributed by atoms with E-state index in [0.717, 1.165) is 4.57 Å². The minimum Gasteiger partial charge on any atom is -0.354 e. The van der Waals surface area contributed by atoms with Crippen molar-refractivity contribution in [3.05, 3.63) is 81.5 Å². The molecule has 2 heterocycles. The average molecular weight is 383 g/mol. The Bertz CT molecular complexity index is 1090. The molecule has 0 bridgehead atoms. The third kappa shape index (κ3) is 4.76. The number of carbonyl (C=O) groups is 1. The number of hydrogen-bond acceptors (Lipinski definition) is 5. The lowest BCUT2D eigenvalue weighted by molar-refractivity contribution is -0.121. The average Bonchev–Trinajstić information content (AvgIpc) is 2.68. The minimum absolute atomic E-state index is 0.201. The molecule has 0 saturated heterocycles. The van der Waals surface area contributed by atoms with E-state index >= 15 is 0 Å². The van der Waals surface area contributed by atoms with Crippen molar-refractivity contribution in [2.24, 2.45) is 0 Å². The minimum atomic E-state index is -0.475. The Balaban J connectivity index is 1.54. The van der Waals surface area contributed by atoms with E-state index < -0.39 is 11.4 Å². The molecule has 0 aliphatic carbocycles. The smallest absolute Gasteiger partial charge is 0.266 e. The van der Waals surface area contributed by atoms with Crippen LogP contribution < -0.4 is 16.4 Å². The van der Waals surface area contributed by atoms with E-state index in [1.165, 1.54) is 41.5 Å². The van der Waals surface area contributed by atoms with E-state index in [2.05, 4.69) is 15.4 Å². The molecule has 2 aromatic heterocycles. The van der Waals surface area contributed by atoms with Crippen LogP contribution in [0.5, 0.6) is 0 Å². The molecule has 0 atom stereocenters. The van der Waals surface area contributed by atoms with Gasteiger partial charge in [-0.2, -0.15) is 5.10 Å². The molecule has 9 heteroatoms. The molecule has 3 rings (SSSR count). The zero-order chi connectivity index (χ0) is 19.9. The van der Waals surface area contributed by atoms with E-state index in [9.17, 15) is 18.8 Å².